The zero-order chi connectivity index (χ0) is 14.6. The number of nitrogens with one attached hydrogen (secondary N) is 2. The van der Waals surface area contributed by atoms with E-state index in [2.05, 4.69) is 10.6 Å². The van der Waals surface area contributed by atoms with E-state index in [-0.39, 0.29) is 19.1 Å². The van der Waals surface area contributed by atoms with E-state index in [1.54, 1.807) is 0 Å². The van der Waals surface area contributed by atoms with E-state index in [1.165, 1.54) is 15.7 Å². The Kier molecular flexibility index (Phi) is 5.33. The monoisotopic (exact) mass is 306 g/mol. The normalized spacial score (nSPS) is 26.9. The maximum absolute atomic E-state index is 12.7. The number of nitrogens with zero attached hydrogens (tertiary/aromatic N) is 2. The first-order valence-electron chi connectivity index (χ1n) is 6.84. The maximum atomic E-state index is 12.7. The standard InChI is InChI=1S/C11H22N4O4S/c1-12-11(16)10-9-19-8-7-15(10)20(17,18)14-5-2-3-13-4-6-14/h10,13H,2-9H2,1H3,(H,12,16). The van der Waals surface area contributed by atoms with Crippen molar-refractivity contribution in [2.75, 3.05) is 53.0 Å². The Labute approximate surface area is 119 Å². The number of hydrogen-bond acceptors (Lipinski definition) is 5. The summed E-state index contributed by atoms with van der Waals surface area (Å²) in [6.07, 6.45) is 0.772. The number of likely N-dealkylation sites (N-methyl/N-ethyl adjacent to an activating group) is 1. The van der Waals surface area contributed by atoms with Crippen molar-refractivity contribution in [3.8, 4) is 0 Å². The van der Waals surface area contributed by atoms with Crippen LogP contribution in [0.1, 0.15) is 6.42 Å². The number of carbonyl (C=O) groups is 1. The first kappa shape index (κ1) is 15.6. The highest BCUT2D eigenvalue weighted by Crippen LogP contribution is 2.17. The molecule has 1 amide bonds. The van der Waals surface area contributed by atoms with Crippen molar-refractivity contribution in [2.45, 2.75) is 12.5 Å². The third-order valence-corrected chi connectivity index (χ3v) is 5.60. The lowest BCUT2D eigenvalue weighted by atomic mass is 10.2. The summed E-state index contributed by atoms with van der Waals surface area (Å²) >= 11 is 0. The summed E-state index contributed by atoms with van der Waals surface area (Å²) in [6.45, 7) is 2.99. The predicted octanol–water partition coefficient (Wildman–Crippen LogP) is -2.03. The highest BCUT2D eigenvalue weighted by molar-refractivity contribution is 7.86. The van der Waals surface area contributed by atoms with Gasteiger partial charge in [-0.1, -0.05) is 0 Å². The van der Waals surface area contributed by atoms with Crippen LogP contribution in [0.2, 0.25) is 0 Å². The summed E-state index contributed by atoms with van der Waals surface area (Å²) in [5, 5.41) is 5.66. The van der Waals surface area contributed by atoms with Gasteiger partial charge in [-0.15, -0.1) is 0 Å². The summed E-state index contributed by atoms with van der Waals surface area (Å²) < 4.78 is 33.4. The molecule has 9 heteroatoms. The van der Waals surface area contributed by atoms with Crippen molar-refractivity contribution in [1.29, 1.82) is 0 Å². The minimum absolute atomic E-state index is 0.102. The maximum Gasteiger partial charge on any atom is 0.282 e. The number of ether oxygens (including phenoxy) is 1. The first-order chi connectivity index (χ1) is 9.57. The van der Waals surface area contributed by atoms with Crippen LogP contribution in [-0.2, 0) is 19.7 Å². The molecule has 20 heavy (non-hydrogen) atoms. The van der Waals surface area contributed by atoms with Crippen LogP contribution >= 0.6 is 0 Å². The summed E-state index contributed by atoms with van der Waals surface area (Å²) in [5.41, 5.74) is 0. The van der Waals surface area contributed by atoms with Crippen LogP contribution in [0.4, 0.5) is 0 Å². The molecule has 1 atom stereocenters. The molecule has 2 aliphatic rings. The molecular weight excluding hydrogens is 284 g/mol. The highest BCUT2D eigenvalue weighted by Gasteiger charge is 2.40. The Bertz CT molecular complexity index is 434. The van der Waals surface area contributed by atoms with E-state index in [0.717, 1.165) is 13.0 Å². The van der Waals surface area contributed by atoms with Gasteiger partial charge in [0, 0.05) is 33.2 Å². The number of amides is 1. The fraction of sp³-hybridized carbons (Fsp3) is 0.909. The van der Waals surface area contributed by atoms with Crippen molar-refractivity contribution in [3.63, 3.8) is 0 Å². The molecule has 0 spiro atoms. The van der Waals surface area contributed by atoms with Crippen molar-refractivity contribution in [3.05, 3.63) is 0 Å². The lowest BCUT2D eigenvalue weighted by molar-refractivity contribution is -0.128. The molecule has 0 aromatic rings. The van der Waals surface area contributed by atoms with Crippen LogP contribution in [0.15, 0.2) is 0 Å². The van der Waals surface area contributed by atoms with Crippen LogP contribution in [0.5, 0.6) is 0 Å². The Hall–Kier alpha value is -0.740. The van der Waals surface area contributed by atoms with Gasteiger partial charge in [0.1, 0.15) is 6.04 Å². The first-order valence-corrected chi connectivity index (χ1v) is 8.24. The average Bonchev–Trinajstić information content (AvgIpc) is 2.76. The summed E-state index contributed by atoms with van der Waals surface area (Å²) in [7, 11) is -2.13. The molecular formula is C11H22N4O4S. The Morgan fingerprint density at radius 2 is 2.10 bits per heavy atom. The van der Waals surface area contributed by atoms with E-state index in [0.29, 0.717) is 26.2 Å². The quantitative estimate of drug-likeness (QED) is 0.628. The molecule has 0 saturated carbocycles. The van der Waals surface area contributed by atoms with E-state index < -0.39 is 16.3 Å². The molecule has 0 aromatic carbocycles. The van der Waals surface area contributed by atoms with E-state index in [1.807, 2.05) is 0 Å². The molecule has 2 aliphatic heterocycles. The molecule has 0 bridgehead atoms. The minimum atomic E-state index is -3.63. The fourth-order valence-corrected chi connectivity index (χ4v) is 4.20. The third kappa shape index (κ3) is 3.29. The number of morpholine rings is 1. The van der Waals surface area contributed by atoms with E-state index in [9.17, 15) is 13.2 Å². The fourth-order valence-electron chi connectivity index (χ4n) is 2.44. The summed E-state index contributed by atoms with van der Waals surface area (Å²) in [5.74, 6) is -0.332. The lowest BCUT2D eigenvalue weighted by Gasteiger charge is -2.36. The van der Waals surface area contributed by atoms with Gasteiger partial charge in [0.15, 0.2) is 0 Å². The molecule has 1 unspecified atom stereocenters. The summed E-state index contributed by atoms with van der Waals surface area (Å²) in [6, 6.07) is -0.782. The predicted molar refractivity (Wildman–Crippen MR) is 73.4 cm³/mol. The zero-order valence-corrected chi connectivity index (χ0v) is 12.5. The van der Waals surface area contributed by atoms with E-state index in [4.69, 9.17) is 4.74 Å². The molecule has 8 nitrogen and oxygen atoms in total. The zero-order valence-electron chi connectivity index (χ0n) is 11.7. The second-order valence-electron chi connectivity index (χ2n) is 4.83. The van der Waals surface area contributed by atoms with Gasteiger partial charge < -0.3 is 15.4 Å². The van der Waals surface area contributed by atoms with Gasteiger partial charge in [-0.05, 0) is 13.0 Å². The third-order valence-electron chi connectivity index (χ3n) is 3.55. The Morgan fingerprint density at radius 3 is 2.85 bits per heavy atom. The lowest BCUT2D eigenvalue weighted by Crippen LogP contribution is -2.58. The smallest absolute Gasteiger partial charge is 0.282 e. The molecule has 2 saturated heterocycles. The molecule has 0 aliphatic carbocycles. The molecule has 0 radical (unpaired) electrons. The Balaban J connectivity index is 2.18. The van der Waals surface area contributed by atoms with Crippen LogP contribution in [0.3, 0.4) is 0 Å². The molecule has 2 rings (SSSR count). The van der Waals surface area contributed by atoms with Crippen molar-refractivity contribution in [2.24, 2.45) is 0 Å². The number of hydrogen-bond donors (Lipinski definition) is 2. The second kappa shape index (κ2) is 6.81. The van der Waals surface area contributed by atoms with Gasteiger partial charge in [0.05, 0.1) is 13.2 Å². The van der Waals surface area contributed by atoms with Gasteiger partial charge >= 0.3 is 0 Å². The molecule has 116 valence electrons. The van der Waals surface area contributed by atoms with Crippen molar-refractivity contribution < 1.29 is 17.9 Å². The second-order valence-corrected chi connectivity index (χ2v) is 6.71. The summed E-state index contributed by atoms with van der Waals surface area (Å²) in [4.78, 5) is 11.8. The Morgan fingerprint density at radius 1 is 1.30 bits per heavy atom. The molecule has 0 aromatic heterocycles. The highest BCUT2D eigenvalue weighted by atomic mass is 32.2. The van der Waals surface area contributed by atoms with Crippen molar-refractivity contribution >= 4 is 16.1 Å². The van der Waals surface area contributed by atoms with Gasteiger partial charge in [0.25, 0.3) is 10.2 Å². The van der Waals surface area contributed by atoms with E-state index >= 15 is 0 Å². The largest absolute Gasteiger partial charge is 0.378 e. The number of rotatable bonds is 3. The molecule has 2 heterocycles. The van der Waals surface area contributed by atoms with Crippen LogP contribution < -0.4 is 10.6 Å². The molecule has 2 N–H and O–H groups in total. The van der Waals surface area contributed by atoms with Gasteiger partial charge in [-0.3, -0.25) is 4.79 Å². The SMILES string of the molecule is CNC(=O)C1COCCN1S(=O)(=O)N1CCCNCC1. The van der Waals surface area contributed by atoms with Crippen LogP contribution in [0, 0.1) is 0 Å². The van der Waals surface area contributed by atoms with Gasteiger partial charge in [-0.25, -0.2) is 0 Å². The average molecular weight is 306 g/mol. The van der Waals surface area contributed by atoms with Crippen LogP contribution in [0.25, 0.3) is 0 Å². The van der Waals surface area contributed by atoms with Crippen molar-refractivity contribution in [1.82, 2.24) is 19.2 Å². The van der Waals surface area contributed by atoms with Gasteiger partial charge in [-0.2, -0.15) is 17.0 Å². The minimum Gasteiger partial charge on any atom is -0.378 e. The van der Waals surface area contributed by atoms with Gasteiger partial charge in [0.2, 0.25) is 5.91 Å². The van der Waals surface area contributed by atoms with Crippen LogP contribution in [-0.4, -0.2) is 82.0 Å². The molecule has 2 fully saturated rings. The topological polar surface area (TPSA) is 91.0 Å². The number of carbonyl (C=O) groups excluding carboxylic acids is 1.